The van der Waals surface area contributed by atoms with Gasteiger partial charge in [0.25, 0.3) is 0 Å². The Balaban J connectivity index is 1.83. The predicted molar refractivity (Wildman–Crippen MR) is 136 cm³/mol. The second-order valence-corrected chi connectivity index (χ2v) is 9.25. The molecule has 0 saturated carbocycles. The molecular formula is C30H27NO3. The van der Waals surface area contributed by atoms with Gasteiger partial charge in [-0.2, -0.15) is 0 Å². The second kappa shape index (κ2) is 7.77. The highest BCUT2D eigenvalue weighted by Crippen LogP contribution is 2.50. The molecule has 34 heavy (non-hydrogen) atoms. The summed E-state index contributed by atoms with van der Waals surface area (Å²) in [5.41, 5.74) is 7.01. The number of benzene rings is 4. The zero-order chi connectivity index (χ0) is 24.2. The second-order valence-electron chi connectivity index (χ2n) is 9.25. The van der Waals surface area contributed by atoms with Crippen molar-refractivity contribution >= 4 is 11.6 Å². The predicted octanol–water partition coefficient (Wildman–Crippen LogP) is 6.28. The minimum atomic E-state index is -1.11. The first kappa shape index (κ1) is 21.8. The molecule has 170 valence electrons. The Bertz CT molecular complexity index is 1350. The Hall–Kier alpha value is -4.05. The maximum Gasteiger partial charge on any atom is 0.244 e. The van der Waals surface area contributed by atoms with Gasteiger partial charge >= 0.3 is 0 Å². The summed E-state index contributed by atoms with van der Waals surface area (Å²) in [7, 11) is 0. The van der Waals surface area contributed by atoms with E-state index in [1.54, 1.807) is 0 Å². The van der Waals surface area contributed by atoms with E-state index >= 15 is 0 Å². The van der Waals surface area contributed by atoms with Crippen molar-refractivity contribution in [3.63, 3.8) is 0 Å². The van der Waals surface area contributed by atoms with Gasteiger partial charge in [-0.15, -0.1) is 0 Å². The van der Waals surface area contributed by atoms with Crippen LogP contribution in [0, 0.1) is 27.7 Å². The number of aryl methyl sites for hydroxylation is 4. The fourth-order valence-corrected chi connectivity index (χ4v) is 5.21. The SMILES string of the molecule is Cc1cc(C2(c3cc(C)c(O)c(C)c3)C(=O)Nc3cc(-c4ccccc4)ccc32)cc(C)c1O. The van der Waals surface area contributed by atoms with Gasteiger partial charge in [0.2, 0.25) is 5.91 Å². The highest BCUT2D eigenvalue weighted by atomic mass is 16.3. The lowest BCUT2D eigenvalue weighted by molar-refractivity contribution is -0.118. The molecule has 3 N–H and O–H groups in total. The first-order chi connectivity index (χ1) is 16.2. The first-order valence-corrected chi connectivity index (χ1v) is 11.4. The third-order valence-electron chi connectivity index (χ3n) is 6.97. The summed E-state index contributed by atoms with van der Waals surface area (Å²) in [6.07, 6.45) is 0. The van der Waals surface area contributed by atoms with Gasteiger partial charge < -0.3 is 15.5 Å². The number of phenols is 2. The van der Waals surface area contributed by atoms with Crippen molar-refractivity contribution in [2.45, 2.75) is 33.1 Å². The van der Waals surface area contributed by atoms with Crippen LogP contribution in [0.1, 0.15) is 38.9 Å². The third kappa shape index (κ3) is 3.10. The number of hydrogen-bond acceptors (Lipinski definition) is 3. The topological polar surface area (TPSA) is 69.6 Å². The molecule has 0 radical (unpaired) electrons. The Morgan fingerprint density at radius 3 is 1.65 bits per heavy atom. The lowest BCUT2D eigenvalue weighted by Crippen LogP contribution is -2.37. The molecule has 0 aliphatic carbocycles. The molecular weight excluding hydrogens is 422 g/mol. The number of aromatic hydroxyl groups is 2. The summed E-state index contributed by atoms with van der Waals surface area (Å²) in [6, 6.07) is 23.7. The van der Waals surface area contributed by atoms with Crippen LogP contribution in [-0.4, -0.2) is 16.1 Å². The molecule has 5 rings (SSSR count). The van der Waals surface area contributed by atoms with E-state index in [2.05, 4.69) is 5.32 Å². The van der Waals surface area contributed by atoms with Crippen LogP contribution < -0.4 is 5.32 Å². The molecule has 1 heterocycles. The van der Waals surface area contributed by atoms with Gasteiger partial charge in [0, 0.05) is 11.3 Å². The van der Waals surface area contributed by atoms with E-state index in [-0.39, 0.29) is 17.4 Å². The van der Waals surface area contributed by atoms with Gasteiger partial charge in [-0.05, 0) is 78.3 Å². The molecule has 4 aromatic rings. The lowest BCUT2D eigenvalue weighted by Gasteiger charge is -2.31. The molecule has 0 aromatic heterocycles. The highest BCUT2D eigenvalue weighted by Gasteiger charge is 2.50. The van der Waals surface area contributed by atoms with Crippen LogP contribution in [0.2, 0.25) is 0 Å². The maximum absolute atomic E-state index is 14.0. The largest absolute Gasteiger partial charge is 0.507 e. The Morgan fingerprint density at radius 1 is 0.647 bits per heavy atom. The zero-order valence-corrected chi connectivity index (χ0v) is 19.7. The zero-order valence-electron chi connectivity index (χ0n) is 19.7. The lowest BCUT2D eigenvalue weighted by atomic mass is 9.68. The summed E-state index contributed by atoms with van der Waals surface area (Å²) in [5, 5.41) is 24.0. The Morgan fingerprint density at radius 2 is 1.15 bits per heavy atom. The van der Waals surface area contributed by atoms with E-state index in [4.69, 9.17) is 0 Å². The van der Waals surface area contributed by atoms with Crippen LogP contribution in [0.25, 0.3) is 11.1 Å². The molecule has 0 saturated heterocycles. The van der Waals surface area contributed by atoms with Gasteiger partial charge in [0.05, 0.1) is 0 Å². The molecule has 1 aliphatic rings. The van der Waals surface area contributed by atoms with Crippen molar-refractivity contribution in [2.24, 2.45) is 0 Å². The van der Waals surface area contributed by atoms with Gasteiger partial charge in [-0.1, -0.05) is 66.7 Å². The summed E-state index contributed by atoms with van der Waals surface area (Å²) in [4.78, 5) is 14.0. The molecule has 0 unspecified atom stereocenters. The van der Waals surface area contributed by atoms with Gasteiger partial charge in [0.15, 0.2) is 0 Å². The van der Waals surface area contributed by atoms with Crippen LogP contribution in [-0.2, 0) is 10.2 Å². The third-order valence-corrected chi connectivity index (χ3v) is 6.97. The molecule has 4 heteroatoms. The number of amides is 1. The van der Waals surface area contributed by atoms with Crippen LogP contribution in [0.4, 0.5) is 5.69 Å². The van der Waals surface area contributed by atoms with E-state index in [9.17, 15) is 15.0 Å². The Kier molecular flexibility index (Phi) is 4.98. The fourth-order valence-electron chi connectivity index (χ4n) is 5.21. The van der Waals surface area contributed by atoms with E-state index < -0.39 is 5.41 Å². The summed E-state index contributed by atoms with van der Waals surface area (Å²) < 4.78 is 0. The minimum absolute atomic E-state index is 0.151. The maximum atomic E-state index is 14.0. The van der Waals surface area contributed by atoms with Crippen molar-refractivity contribution in [1.29, 1.82) is 0 Å². The highest BCUT2D eigenvalue weighted by molar-refractivity contribution is 6.12. The van der Waals surface area contributed by atoms with Crippen LogP contribution >= 0.6 is 0 Å². The van der Waals surface area contributed by atoms with Crippen LogP contribution in [0.3, 0.4) is 0 Å². The number of nitrogens with one attached hydrogen (secondary N) is 1. The number of carbonyl (C=O) groups excluding carboxylic acids is 1. The standard InChI is InChI=1S/C30H27NO3/c1-17-12-23(13-18(2)27(17)32)30(24-14-19(3)28(33)20(4)15-24)25-11-10-22(16-26(25)31-29(30)34)21-8-6-5-7-9-21/h5-16,32-33H,1-4H3,(H,31,34). The summed E-state index contributed by atoms with van der Waals surface area (Å²) >= 11 is 0. The molecule has 1 aliphatic heterocycles. The average Bonchev–Trinajstić information content (AvgIpc) is 3.12. The normalized spacial score (nSPS) is 14.1. The van der Waals surface area contributed by atoms with Crippen molar-refractivity contribution < 1.29 is 15.0 Å². The van der Waals surface area contributed by atoms with Crippen molar-refractivity contribution in [1.82, 2.24) is 0 Å². The number of anilines is 1. The Labute approximate surface area is 199 Å². The number of phenolic OH excluding ortho intramolecular Hbond substituents is 2. The monoisotopic (exact) mass is 449 g/mol. The van der Waals surface area contributed by atoms with E-state index in [1.165, 1.54) is 0 Å². The van der Waals surface area contributed by atoms with E-state index in [1.807, 2.05) is 100 Å². The van der Waals surface area contributed by atoms with E-state index in [0.29, 0.717) is 22.3 Å². The molecule has 4 aromatic carbocycles. The van der Waals surface area contributed by atoms with Gasteiger partial charge in [0.1, 0.15) is 16.9 Å². The molecule has 0 atom stereocenters. The van der Waals surface area contributed by atoms with E-state index in [0.717, 1.165) is 33.5 Å². The molecule has 1 amide bonds. The molecule has 0 bridgehead atoms. The van der Waals surface area contributed by atoms with Gasteiger partial charge in [-0.25, -0.2) is 0 Å². The van der Waals surface area contributed by atoms with Crippen molar-refractivity contribution in [3.8, 4) is 22.6 Å². The number of rotatable bonds is 3. The van der Waals surface area contributed by atoms with Crippen LogP contribution in [0.5, 0.6) is 11.5 Å². The quantitative estimate of drug-likeness (QED) is 0.344. The average molecular weight is 450 g/mol. The summed E-state index contributed by atoms with van der Waals surface area (Å²) in [5.74, 6) is 0.312. The summed E-state index contributed by atoms with van der Waals surface area (Å²) in [6.45, 7) is 7.39. The van der Waals surface area contributed by atoms with Crippen molar-refractivity contribution in [2.75, 3.05) is 5.32 Å². The first-order valence-electron chi connectivity index (χ1n) is 11.4. The molecule has 0 fully saturated rings. The smallest absolute Gasteiger partial charge is 0.244 e. The minimum Gasteiger partial charge on any atom is -0.507 e. The number of fused-ring (bicyclic) bond motifs is 1. The van der Waals surface area contributed by atoms with Crippen molar-refractivity contribution in [3.05, 3.63) is 112 Å². The number of carbonyl (C=O) groups is 1. The molecule has 0 spiro atoms. The molecule has 4 nitrogen and oxygen atoms in total. The van der Waals surface area contributed by atoms with Crippen LogP contribution in [0.15, 0.2) is 72.8 Å². The fraction of sp³-hybridized carbons (Fsp3) is 0.167. The number of hydrogen-bond donors (Lipinski definition) is 3. The van der Waals surface area contributed by atoms with Gasteiger partial charge in [-0.3, -0.25) is 4.79 Å².